The lowest BCUT2D eigenvalue weighted by Gasteiger charge is -2.19. The minimum atomic E-state index is -0.514. The van der Waals surface area contributed by atoms with Gasteiger partial charge in [0, 0.05) is 29.9 Å². The zero-order chi connectivity index (χ0) is 21.3. The van der Waals surface area contributed by atoms with Crippen molar-refractivity contribution in [1.82, 2.24) is 15.6 Å². The summed E-state index contributed by atoms with van der Waals surface area (Å²) in [6, 6.07) is 7.75. The molecule has 0 radical (unpaired) electrons. The van der Waals surface area contributed by atoms with Gasteiger partial charge in [-0.1, -0.05) is 12.1 Å². The molecule has 1 heterocycles. The molecule has 0 bridgehead atoms. The van der Waals surface area contributed by atoms with Crippen LogP contribution in [0.4, 0.5) is 10.5 Å². The minimum absolute atomic E-state index is 0. The van der Waals surface area contributed by atoms with Crippen molar-refractivity contribution in [3.05, 3.63) is 45.9 Å². The van der Waals surface area contributed by atoms with Crippen molar-refractivity contribution in [2.24, 2.45) is 4.99 Å². The van der Waals surface area contributed by atoms with E-state index >= 15 is 0 Å². The number of halogens is 1. The van der Waals surface area contributed by atoms with Gasteiger partial charge in [0.25, 0.3) is 0 Å². The molecule has 0 spiro atoms. The number of ether oxygens (including phenoxy) is 1. The lowest BCUT2D eigenvalue weighted by atomic mass is 10.1. The number of aryl methyl sites for hydroxylation is 1. The summed E-state index contributed by atoms with van der Waals surface area (Å²) in [6.45, 7) is 11.7. The van der Waals surface area contributed by atoms with Crippen molar-refractivity contribution in [3.63, 3.8) is 0 Å². The number of amides is 1. The van der Waals surface area contributed by atoms with Crippen molar-refractivity contribution >= 4 is 53.1 Å². The Hall–Kier alpha value is -1.88. The summed E-state index contributed by atoms with van der Waals surface area (Å²) in [7, 11) is 0. The Morgan fingerprint density at radius 1 is 1.20 bits per heavy atom. The van der Waals surface area contributed by atoms with Gasteiger partial charge in [0.2, 0.25) is 0 Å². The van der Waals surface area contributed by atoms with E-state index in [9.17, 15) is 4.79 Å². The smallest absolute Gasteiger partial charge is 0.412 e. The van der Waals surface area contributed by atoms with E-state index in [4.69, 9.17) is 4.74 Å². The van der Waals surface area contributed by atoms with Crippen molar-refractivity contribution in [2.75, 3.05) is 18.4 Å². The lowest BCUT2D eigenvalue weighted by molar-refractivity contribution is 0.0636. The summed E-state index contributed by atoms with van der Waals surface area (Å²) < 4.78 is 5.26. The number of carbonyl (C=O) groups excluding carboxylic acids is 1. The number of benzene rings is 1. The molecule has 9 heteroatoms. The number of guanidine groups is 1. The number of thiazole rings is 1. The van der Waals surface area contributed by atoms with Crippen LogP contribution >= 0.6 is 35.3 Å². The zero-order valence-electron chi connectivity index (χ0n) is 18.2. The SMILES string of the molecule is CCNC(=NCc1ncc(C)s1)NCCc1ccc(NC(=O)OC(C)(C)C)cc1.I. The normalized spacial score (nSPS) is 11.4. The second kappa shape index (κ2) is 12.7. The van der Waals surface area contributed by atoms with Gasteiger partial charge < -0.3 is 15.4 Å². The highest BCUT2D eigenvalue weighted by Gasteiger charge is 2.16. The van der Waals surface area contributed by atoms with Crippen LogP contribution in [0.1, 0.15) is 43.1 Å². The van der Waals surface area contributed by atoms with Gasteiger partial charge in [0.05, 0.1) is 6.54 Å². The molecule has 0 fully saturated rings. The second-order valence-electron chi connectivity index (χ2n) is 7.56. The summed E-state index contributed by atoms with van der Waals surface area (Å²) in [4.78, 5) is 21.9. The molecule has 0 aliphatic rings. The minimum Gasteiger partial charge on any atom is -0.444 e. The van der Waals surface area contributed by atoms with Gasteiger partial charge >= 0.3 is 6.09 Å². The van der Waals surface area contributed by atoms with Gasteiger partial charge in [-0.3, -0.25) is 5.32 Å². The highest BCUT2D eigenvalue weighted by Crippen LogP contribution is 2.13. The molecule has 166 valence electrons. The molecule has 0 unspecified atom stereocenters. The number of hydrogen-bond donors (Lipinski definition) is 3. The van der Waals surface area contributed by atoms with E-state index < -0.39 is 11.7 Å². The molecule has 1 aromatic heterocycles. The van der Waals surface area contributed by atoms with Crippen molar-refractivity contribution in [1.29, 1.82) is 0 Å². The summed E-state index contributed by atoms with van der Waals surface area (Å²) in [5.74, 6) is 0.781. The van der Waals surface area contributed by atoms with E-state index in [1.807, 2.05) is 65.1 Å². The van der Waals surface area contributed by atoms with Gasteiger partial charge in [-0.2, -0.15) is 0 Å². The molecule has 0 saturated carbocycles. The van der Waals surface area contributed by atoms with E-state index in [1.54, 1.807) is 11.3 Å². The monoisotopic (exact) mass is 545 g/mol. The maximum atomic E-state index is 11.8. The van der Waals surface area contributed by atoms with Crippen LogP contribution in [0, 0.1) is 6.92 Å². The number of aromatic nitrogens is 1. The second-order valence-corrected chi connectivity index (χ2v) is 8.88. The van der Waals surface area contributed by atoms with Crippen LogP contribution in [0.5, 0.6) is 0 Å². The van der Waals surface area contributed by atoms with Gasteiger partial charge in [-0.25, -0.2) is 14.8 Å². The molecule has 2 rings (SSSR count). The lowest BCUT2D eigenvalue weighted by Crippen LogP contribution is -2.38. The van der Waals surface area contributed by atoms with E-state index in [1.165, 1.54) is 10.4 Å². The number of rotatable bonds is 7. The maximum Gasteiger partial charge on any atom is 0.412 e. The Morgan fingerprint density at radius 2 is 1.90 bits per heavy atom. The predicted molar refractivity (Wildman–Crippen MR) is 135 cm³/mol. The van der Waals surface area contributed by atoms with E-state index in [0.29, 0.717) is 12.2 Å². The fourth-order valence-corrected chi connectivity index (χ4v) is 3.18. The van der Waals surface area contributed by atoms with Crippen LogP contribution in [-0.4, -0.2) is 35.7 Å². The zero-order valence-corrected chi connectivity index (χ0v) is 21.4. The van der Waals surface area contributed by atoms with Crippen molar-refractivity contribution in [2.45, 2.75) is 53.2 Å². The van der Waals surface area contributed by atoms with Crippen LogP contribution in [0.3, 0.4) is 0 Å². The largest absolute Gasteiger partial charge is 0.444 e. The first kappa shape index (κ1) is 26.2. The number of hydrogen-bond acceptors (Lipinski definition) is 5. The molecule has 7 nitrogen and oxygen atoms in total. The average Bonchev–Trinajstić information content (AvgIpc) is 3.05. The first-order chi connectivity index (χ1) is 13.7. The number of nitrogens with zero attached hydrogens (tertiary/aromatic N) is 2. The van der Waals surface area contributed by atoms with E-state index in [0.717, 1.165) is 30.5 Å². The van der Waals surface area contributed by atoms with Gasteiger partial charge in [-0.05, 0) is 58.7 Å². The summed E-state index contributed by atoms with van der Waals surface area (Å²) in [6.07, 6.45) is 2.26. The number of carbonyl (C=O) groups is 1. The molecule has 0 atom stereocenters. The van der Waals surface area contributed by atoms with E-state index in [-0.39, 0.29) is 24.0 Å². The summed E-state index contributed by atoms with van der Waals surface area (Å²) >= 11 is 1.66. The molecule has 30 heavy (non-hydrogen) atoms. The molecule has 0 saturated heterocycles. The maximum absolute atomic E-state index is 11.8. The Morgan fingerprint density at radius 3 is 2.47 bits per heavy atom. The first-order valence-corrected chi connectivity index (χ1v) is 10.6. The fraction of sp³-hybridized carbons (Fsp3) is 0.476. The molecule has 0 aliphatic carbocycles. The fourth-order valence-electron chi connectivity index (χ4n) is 2.46. The van der Waals surface area contributed by atoms with Gasteiger partial charge in [-0.15, -0.1) is 35.3 Å². The molecular formula is C21H32IN5O2S. The Bertz CT molecular complexity index is 816. The third-order valence-corrected chi connectivity index (χ3v) is 4.59. The standard InChI is InChI=1S/C21H31N5O2S.HI/c1-6-22-19(25-14-18-24-13-15(2)29-18)23-12-11-16-7-9-17(10-8-16)26-20(27)28-21(3,4)5;/h7-10,13H,6,11-12,14H2,1-5H3,(H,26,27)(H2,22,23,25);1H. The topological polar surface area (TPSA) is 87.6 Å². The molecular weight excluding hydrogens is 513 g/mol. The molecule has 2 aromatic rings. The average molecular weight is 545 g/mol. The quantitative estimate of drug-likeness (QED) is 0.267. The van der Waals surface area contributed by atoms with Crippen LogP contribution in [-0.2, 0) is 17.7 Å². The number of aliphatic imine (C=N–C) groups is 1. The Labute approximate surface area is 200 Å². The number of nitrogens with one attached hydrogen (secondary N) is 3. The summed E-state index contributed by atoms with van der Waals surface area (Å²) in [5, 5.41) is 10.3. The summed E-state index contributed by atoms with van der Waals surface area (Å²) in [5.41, 5.74) is 1.36. The Balaban J connectivity index is 0.00000450. The third kappa shape index (κ3) is 10.2. The predicted octanol–water partition coefficient (Wildman–Crippen LogP) is 4.71. The molecule has 0 aliphatic heterocycles. The third-order valence-electron chi connectivity index (χ3n) is 3.69. The Kier molecular flexibility index (Phi) is 11.1. The highest BCUT2D eigenvalue weighted by molar-refractivity contribution is 14.0. The number of anilines is 1. The van der Waals surface area contributed by atoms with Crippen LogP contribution in [0.25, 0.3) is 0 Å². The van der Waals surface area contributed by atoms with Crippen molar-refractivity contribution < 1.29 is 9.53 Å². The van der Waals surface area contributed by atoms with E-state index in [2.05, 4.69) is 25.9 Å². The molecule has 1 aromatic carbocycles. The van der Waals surface area contributed by atoms with Crippen LogP contribution in [0.15, 0.2) is 35.5 Å². The molecule has 3 N–H and O–H groups in total. The van der Waals surface area contributed by atoms with Crippen LogP contribution < -0.4 is 16.0 Å². The molecule has 1 amide bonds. The highest BCUT2D eigenvalue weighted by atomic mass is 127. The first-order valence-electron chi connectivity index (χ1n) is 9.77. The van der Waals surface area contributed by atoms with Crippen LogP contribution in [0.2, 0.25) is 0 Å². The van der Waals surface area contributed by atoms with Gasteiger partial charge in [0.1, 0.15) is 10.6 Å². The van der Waals surface area contributed by atoms with Gasteiger partial charge in [0.15, 0.2) is 5.96 Å². The van der Waals surface area contributed by atoms with Crippen molar-refractivity contribution in [3.8, 4) is 0 Å².